The van der Waals surface area contributed by atoms with Crippen LogP contribution in [0.15, 0.2) is 217 Å². The lowest BCUT2D eigenvalue weighted by molar-refractivity contribution is 0.647. The van der Waals surface area contributed by atoms with Crippen molar-refractivity contribution in [3.05, 3.63) is 246 Å². The molecule has 1 aromatic heterocycles. The fourth-order valence-corrected chi connectivity index (χ4v) is 10.7. The van der Waals surface area contributed by atoms with Gasteiger partial charge in [0.2, 0.25) is 0 Å². The van der Waals surface area contributed by atoms with Gasteiger partial charge in [-0.3, -0.25) is 0 Å². The topological polar surface area (TPSA) is 16.4 Å². The standard InChI is InChI=1S/C58H41NO/c1-57(2)48-34-32-42(35-47(48)55-51(57)37-53-56(46-28-16-18-30-52(46)60-53)54(55)38-19-7-3-8-20-38)59(41-25-13-6-14-26-41)43-31-33-45-44-27-15-17-29-49(44)58(50(45)36-43,39-21-9-4-10-22-39)40-23-11-5-12-24-40/h3-37H,1-2H3. The summed E-state index contributed by atoms with van der Waals surface area (Å²) in [6, 6.07) is 77.9. The summed E-state index contributed by atoms with van der Waals surface area (Å²) in [5.41, 5.74) is 19.7. The van der Waals surface area contributed by atoms with Gasteiger partial charge < -0.3 is 9.32 Å². The van der Waals surface area contributed by atoms with Crippen molar-refractivity contribution in [2.45, 2.75) is 24.7 Å². The quantitative estimate of drug-likeness (QED) is 0.168. The molecule has 0 radical (unpaired) electrons. The molecule has 9 aromatic carbocycles. The van der Waals surface area contributed by atoms with Crippen LogP contribution in [0.3, 0.4) is 0 Å². The van der Waals surface area contributed by atoms with Crippen LogP contribution >= 0.6 is 0 Å². The van der Waals surface area contributed by atoms with Crippen LogP contribution in [-0.2, 0) is 10.8 Å². The summed E-state index contributed by atoms with van der Waals surface area (Å²) in [4.78, 5) is 2.45. The maximum atomic E-state index is 6.64. The highest BCUT2D eigenvalue weighted by Crippen LogP contribution is 2.59. The van der Waals surface area contributed by atoms with Gasteiger partial charge in [-0.1, -0.05) is 178 Å². The van der Waals surface area contributed by atoms with Gasteiger partial charge in [0, 0.05) is 38.8 Å². The van der Waals surface area contributed by atoms with E-state index < -0.39 is 5.41 Å². The number of hydrogen-bond donors (Lipinski definition) is 0. The summed E-state index contributed by atoms with van der Waals surface area (Å²) in [5.74, 6) is 0. The van der Waals surface area contributed by atoms with Crippen molar-refractivity contribution in [3.63, 3.8) is 0 Å². The van der Waals surface area contributed by atoms with Crippen LogP contribution < -0.4 is 4.90 Å². The van der Waals surface area contributed by atoms with E-state index in [0.29, 0.717) is 0 Å². The van der Waals surface area contributed by atoms with E-state index in [2.05, 4.69) is 231 Å². The molecule has 10 aromatic rings. The van der Waals surface area contributed by atoms with Crippen LogP contribution in [0.1, 0.15) is 47.2 Å². The molecule has 0 unspecified atom stereocenters. The van der Waals surface area contributed by atoms with E-state index in [-0.39, 0.29) is 5.41 Å². The lowest BCUT2D eigenvalue weighted by Crippen LogP contribution is -2.28. The molecular weight excluding hydrogens is 727 g/mol. The smallest absolute Gasteiger partial charge is 0.136 e. The maximum Gasteiger partial charge on any atom is 0.136 e. The van der Waals surface area contributed by atoms with Gasteiger partial charge in [0.15, 0.2) is 0 Å². The highest BCUT2D eigenvalue weighted by atomic mass is 16.3. The molecule has 2 nitrogen and oxygen atoms in total. The van der Waals surface area contributed by atoms with Gasteiger partial charge in [0.1, 0.15) is 11.2 Å². The molecule has 1 heterocycles. The second-order valence-electron chi connectivity index (χ2n) is 16.8. The van der Waals surface area contributed by atoms with Gasteiger partial charge >= 0.3 is 0 Å². The molecule has 12 rings (SSSR count). The van der Waals surface area contributed by atoms with E-state index >= 15 is 0 Å². The van der Waals surface area contributed by atoms with Gasteiger partial charge in [-0.25, -0.2) is 0 Å². The van der Waals surface area contributed by atoms with Crippen LogP contribution in [-0.4, -0.2) is 0 Å². The Morgan fingerprint density at radius 3 is 1.70 bits per heavy atom. The van der Waals surface area contributed by atoms with Crippen molar-refractivity contribution in [2.75, 3.05) is 4.90 Å². The average molecular weight is 768 g/mol. The minimum atomic E-state index is -0.503. The maximum absolute atomic E-state index is 6.64. The molecule has 0 atom stereocenters. The number of nitrogens with zero attached hydrogens (tertiary/aromatic N) is 1. The SMILES string of the molecule is CC1(C)c2ccc(N(c3ccccc3)c3ccc4c(c3)C(c3ccccc3)(c3ccccc3)c3ccccc3-4)cc2-c2c1cc1oc3ccccc3c1c2-c1ccccc1. The Balaban J connectivity index is 1.12. The Kier molecular flexibility index (Phi) is 7.52. The number of rotatable bonds is 6. The van der Waals surface area contributed by atoms with Crippen LogP contribution in [0.4, 0.5) is 17.1 Å². The third-order valence-electron chi connectivity index (χ3n) is 13.3. The molecule has 0 aliphatic heterocycles. The molecule has 0 saturated carbocycles. The number of para-hydroxylation sites is 2. The zero-order chi connectivity index (χ0) is 40.0. The summed E-state index contributed by atoms with van der Waals surface area (Å²) in [5, 5.41) is 2.31. The lowest BCUT2D eigenvalue weighted by Gasteiger charge is -2.35. The first-order chi connectivity index (χ1) is 29.5. The molecule has 0 spiro atoms. The molecule has 0 fully saturated rings. The number of benzene rings is 9. The van der Waals surface area contributed by atoms with Gasteiger partial charge in [0.25, 0.3) is 0 Å². The predicted molar refractivity (Wildman–Crippen MR) is 249 cm³/mol. The first-order valence-electron chi connectivity index (χ1n) is 20.9. The second kappa shape index (κ2) is 13.0. The van der Waals surface area contributed by atoms with Crippen LogP contribution in [0.2, 0.25) is 0 Å². The van der Waals surface area contributed by atoms with Gasteiger partial charge in [0.05, 0.1) is 5.41 Å². The van der Waals surface area contributed by atoms with Crippen molar-refractivity contribution in [2.24, 2.45) is 0 Å². The van der Waals surface area contributed by atoms with Crippen LogP contribution in [0.25, 0.3) is 55.3 Å². The van der Waals surface area contributed by atoms with Gasteiger partial charge in [-0.2, -0.15) is 0 Å². The Bertz CT molecular complexity index is 3230. The zero-order valence-corrected chi connectivity index (χ0v) is 33.6. The lowest BCUT2D eigenvalue weighted by atomic mass is 9.67. The Labute approximate surface area is 350 Å². The molecule has 2 heteroatoms. The molecule has 2 aliphatic rings. The van der Waals surface area contributed by atoms with Gasteiger partial charge in [-0.05, 0) is 110 Å². The second-order valence-corrected chi connectivity index (χ2v) is 16.8. The molecule has 0 bridgehead atoms. The van der Waals surface area contributed by atoms with Crippen molar-refractivity contribution < 1.29 is 4.42 Å². The average Bonchev–Trinajstić information content (AvgIpc) is 3.90. The fourth-order valence-electron chi connectivity index (χ4n) is 10.7. The zero-order valence-electron chi connectivity index (χ0n) is 33.6. The third-order valence-corrected chi connectivity index (χ3v) is 13.3. The molecule has 0 saturated heterocycles. The van der Waals surface area contributed by atoms with Crippen molar-refractivity contribution >= 4 is 39.0 Å². The van der Waals surface area contributed by atoms with E-state index in [1.807, 2.05) is 0 Å². The minimum Gasteiger partial charge on any atom is -0.456 e. The number of anilines is 3. The number of furan rings is 1. The van der Waals surface area contributed by atoms with Gasteiger partial charge in [-0.15, -0.1) is 0 Å². The van der Waals surface area contributed by atoms with E-state index in [0.717, 1.165) is 33.6 Å². The first kappa shape index (κ1) is 34.6. The minimum absolute atomic E-state index is 0.248. The van der Waals surface area contributed by atoms with E-state index in [1.54, 1.807) is 0 Å². The van der Waals surface area contributed by atoms with Crippen molar-refractivity contribution in [3.8, 4) is 33.4 Å². The fraction of sp³-hybridized carbons (Fsp3) is 0.0690. The third kappa shape index (κ3) is 4.82. The number of hydrogen-bond acceptors (Lipinski definition) is 2. The highest BCUT2D eigenvalue weighted by molar-refractivity contribution is 6.17. The summed E-state index contributed by atoms with van der Waals surface area (Å²) >= 11 is 0. The summed E-state index contributed by atoms with van der Waals surface area (Å²) in [6.45, 7) is 4.72. The molecular formula is C58H41NO. The Morgan fingerprint density at radius 2 is 0.967 bits per heavy atom. The highest BCUT2D eigenvalue weighted by Gasteiger charge is 2.46. The largest absolute Gasteiger partial charge is 0.456 e. The van der Waals surface area contributed by atoms with Crippen molar-refractivity contribution in [1.29, 1.82) is 0 Å². The normalized spacial score (nSPS) is 14.1. The Hall–Kier alpha value is -7.42. The number of fused-ring (bicyclic) bond motifs is 9. The molecule has 0 amide bonds. The summed E-state index contributed by atoms with van der Waals surface area (Å²) < 4.78 is 6.64. The summed E-state index contributed by atoms with van der Waals surface area (Å²) in [6.07, 6.45) is 0. The molecule has 0 N–H and O–H groups in total. The Morgan fingerprint density at radius 1 is 0.383 bits per heavy atom. The predicted octanol–water partition coefficient (Wildman–Crippen LogP) is 15.4. The van der Waals surface area contributed by atoms with Crippen molar-refractivity contribution in [1.82, 2.24) is 0 Å². The first-order valence-corrected chi connectivity index (χ1v) is 20.9. The van der Waals surface area contributed by atoms with Crippen LogP contribution in [0, 0.1) is 0 Å². The van der Waals surface area contributed by atoms with E-state index in [9.17, 15) is 0 Å². The van der Waals surface area contributed by atoms with E-state index in [1.165, 1.54) is 72.1 Å². The molecule has 2 aliphatic carbocycles. The summed E-state index contributed by atoms with van der Waals surface area (Å²) in [7, 11) is 0. The monoisotopic (exact) mass is 767 g/mol. The molecule has 60 heavy (non-hydrogen) atoms. The van der Waals surface area contributed by atoms with E-state index in [4.69, 9.17) is 4.42 Å². The van der Waals surface area contributed by atoms with Crippen LogP contribution in [0.5, 0.6) is 0 Å². The molecule has 284 valence electrons.